The molecule has 0 aromatic heterocycles. The van der Waals surface area contributed by atoms with Crippen LogP contribution in [0.15, 0.2) is 24.3 Å². The monoisotopic (exact) mass is 294 g/mol. The van der Waals surface area contributed by atoms with Gasteiger partial charge in [0.1, 0.15) is 6.10 Å². The number of non-ortho nitro benzene ring substituents is 1. The lowest BCUT2D eigenvalue weighted by Crippen LogP contribution is -2.25. The topological polar surface area (TPSA) is 74.1 Å². The number of benzene rings is 1. The fourth-order valence-electron chi connectivity index (χ4n) is 2.96. The Morgan fingerprint density at radius 2 is 1.90 bits per heavy atom. The Labute approximate surface area is 122 Å². The molecule has 2 fully saturated rings. The van der Waals surface area contributed by atoms with Gasteiger partial charge in [-0.25, -0.2) is 0 Å². The number of hydrogen-bond donors (Lipinski definition) is 0. The first-order chi connectivity index (χ1) is 10.1. The van der Waals surface area contributed by atoms with Gasteiger partial charge in [0, 0.05) is 25.1 Å². The van der Waals surface area contributed by atoms with Crippen LogP contribution in [-0.2, 0) is 14.3 Å². The molecule has 7 nitrogen and oxygen atoms in total. The van der Waals surface area contributed by atoms with E-state index >= 15 is 0 Å². The summed E-state index contributed by atoms with van der Waals surface area (Å²) in [6.45, 7) is 2.89. The van der Waals surface area contributed by atoms with Crippen molar-refractivity contribution in [1.82, 2.24) is 5.06 Å². The van der Waals surface area contributed by atoms with E-state index in [0.29, 0.717) is 13.2 Å². The Bertz CT molecular complexity index is 521. The zero-order valence-corrected chi connectivity index (χ0v) is 12.0. The van der Waals surface area contributed by atoms with Crippen LogP contribution in [-0.4, -0.2) is 42.6 Å². The van der Waals surface area contributed by atoms with Crippen molar-refractivity contribution in [3.63, 3.8) is 0 Å². The molecule has 4 atom stereocenters. The fourth-order valence-corrected chi connectivity index (χ4v) is 2.96. The van der Waals surface area contributed by atoms with Gasteiger partial charge < -0.3 is 9.47 Å². The molecule has 7 heteroatoms. The second-order valence-electron chi connectivity index (χ2n) is 5.38. The smallest absolute Gasteiger partial charge is 0.269 e. The van der Waals surface area contributed by atoms with Gasteiger partial charge >= 0.3 is 0 Å². The molecule has 114 valence electrons. The highest BCUT2D eigenvalue weighted by Crippen LogP contribution is 2.40. The second-order valence-corrected chi connectivity index (χ2v) is 5.38. The Hall–Kier alpha value is -1.54. The van der Waals surface area contributed by atoms with Crippen LogP contribution in [0.25, 0.3) is 0 Å². The van der Waals surface area contributed by atoms with E-state index in [1.54, 1.807) is 17.2 Å². The number of hydroxylamine groups is 2. The summed E-state index contributed by atoms with van der Waals surface area (Å²) in [7, 11) is 1.87. The maximum atomic E-state index is 10.7. The molecule has 0 aliphatic carbocycles. The quantitative estimate of drug-likeness (QED) is 0.612. The molecular formula is C14H18N2O5. The highest BCUT2D eigenvalue weighted by Gasteiger charge is 2.44. The fraction of sp³-hybridized carbons (Fsp3) is 0.571. The molecule has 0 spiro atoms. The summed E-state index contributed by atoms with van der Waals surface area (Å²) in [6, 6.07) is 6.60. The molecular weight excluding hydrogens is 276 g/mol. The minimum Gasteiger partial charge on any atom is -0.353 e. The maximum Gasteiger partial charge on any atom is 0.269 e. The number of ether oxygens (including phenoxy) is 2. The number of hydrogen-bond acceptors (Lipinski definition) is 6. The van der Waals surface area contributed by atoms with E-state index in [1.165, 1.54) is 12.1 Å². The molecule has 0 amide bonds. The van der Waals surface area contributed by atoms with Crippen molar-refractivity contribution in [2.75, 3.05) is 20.3 Å². The Balaban J connectivity index is 1.84. The van der Waals surface area contributed by atoms with Crippen LogP contribution in [0.2, 0.25) is 0 Å². The Kier molecular flexibility index (Phi) is 3.90. The average molecular weight is 294 g/mol. The van der Waals surface area contributed by atoms with Crippen LogP contribution >= 0.6 is 0 Å². The van der Waals surface area contributed by atoms with Crippen LogP contribution in [0, 0.1) is 16.0 Å². The number of nitrogens with zero attached hydrogens (tertiary/aromatic N) is 2. The van der Waals surface area contributed by atoms with E-state index in [-0.39, 0.29) is 30.0 Å². The van der Waals surface area contributed by atoms with Crippen LogP contribution in [0.5, 0.6) is 0 Å². The van der Waals surface area contributed by atoms with Gasteiger partial charge in [-0.2, -0.15) is 5.06 Å². The molecule has 2 aliphatic rings. The van der Waals surface area contributed by atoms with Gasteiger partial charge in [-0.3, -0.25) is 15.0 Å². The van der Waals surface area contributed by atoms with E-state index in [9.17, 15) is 10.1 Å². The largest absolute Gasteiger partial charge is 0.353 e. The van der Waals surface area contributed by atoms with Crippen molar-refractivity contribution in [3.8, 4) is 0 Å². The van der Waals surface area contributed by atoms with Gasteiger partial charge in [0.25, 0.3) is 5.69 Å². The van der Waals surface area contributed by atoms with Gasteiger partial charge in [0.15, 0.2) is 6.29 Å². The standard InChI is InChI=1S/C14H18N2O5/c1-9-19-7-12-13(8-20-9)21-15(2)14(12)10-3-5-11(6-4-10)16(17)18/h3-6,9,12-14H,7-8H2,1-2H3/t9-,12+,13-,14+/m0/s1. The van der Waals surface area contributed by atoms with Crippen molar-refractivity contribution in [2.45, 2.75) is 25.4 Å². The predicted octanol–water partition coefficient (Wildman–Crippen LogP) is 1.89. The summed E-state index contributed by atoms with van der Waals surface area (Å²) in [5, 5.41) is 12.5. The van der Waals surface area contributed by atoms with Crippen LogP contribution in [0.4, 0.5) is 5.69 Å². The molecule has 2 aliphatic heterocycles. The van der Waals surface area contributed by atoms with Gasteiger partial charge in [0.2, 0.25) is 0 Å². The SMILES string of the molecule is C[C@H]1OC[C@@H]2[C@H](CO1)ON(C)[C@@H]2c1ccc([N+](=O)[O-])cc1. The van der Waals surface area contributed by atoms with Gasteiger partial charge in [-0.1, -0.05) is 12.1 Å². The molecule has 21 heavy (non-hydrogen) atoms. The average Bonchev–Trinajstić information content (AvgIpc) is 2.68. The molecule has 0 N–H and O–H groups in total. The van der Waals surface area contributed by atoms with Gasteiger partial charge in [-0.15, -0.1) is 0 Å². The predicted molar refractivity (Wildman–Crippen MR) is 73.3 cm³/mol. The lowest BCUT2D eigenvalue weighted by molar-refractivity contribution is -0.384. The second kappa shape index (κ2) is 5.69. The molecule has 0 bridgehead atoms. The van der Waals surface area contributed by atoms with Crippen LogP contribution < -0.4 is 0 Å². The summed E-state index contributed by atoms with van der Waals surface area (Å²) < 4.78 is 11.2. The lowest BCUT2D eigenvalue weighted by atomic mass is 9.90. The molecule has 0 unspecified atom stereocenters. The zero-order valence-electron chi connectivity index (χ0n) is 12.0. The van der Waals surface area contributed by atoms with Crippen LogP contribution in [0.3, 0.4) is 0 Å². The zero-order chi connectivity index (χ0) is 15.0. The van der Waals surface area contributed by atoms with E-state index in [4.69, 9.17) is 14.3 Å². The van der Waals surface area contributed by atoms with E-state index in [0.717, 1.165) is 5.56 Å². The van der Waals surface area contributed by atoms with Crippen molar-refractivity contribution >= 4 is 5.69 Å². The third kappa shape index (κ3) is 2.77. The first-order valence-corrected chi connectivity index (χ1v) is 6.93. The lowest BCUT2D eigenvalue weighted by Gasteiger charge is -2.23. The Morgan fingerprint density at radius 1 is 1.24 bits per heavy atom. The first kappa shape index (κ1) is 14.4. The first-order valence-electron chi connectivity index (χ1n) is 6.93. The number of nitro benzene ring substituents is 1. The normalized spacial score (nSPS) is 33.4. The molecule has 0 saturated carbocycles. The van der Waals surface area contributed by atoms with Gasteiger partial charge in [-0.05, 0) is 12.5 Å². The summed E-state index contributed by atoms with van der Waals surface area (Å²) >= 11 is 0. The summed E-state index contributed by atoms with van der Waals surface area (Å²) in [6.07, 6.45) is -0.290. The summed E-state index contributed by atoms with van der Waals surface area (Å²) in [5.74, 6) is 0.140. The number of fused-ring (bicyclic) bond motifs is 1. The van der Waals surface area contributed by atoms with E-state index < -0.39 is 4.92 Å². The molecule has 1 aromatic carbocycles. The van der Waals surface area contributed by atoms with Crippen molar-refractivity contribution in [2.24, 2.45) is 5.92 Å². The van der Waals surface area contributed by atoms with E-state index in [1.807, 2.05) is 14.0 Å². The third-order valence-corrected chi connectivity index (χ3v) is 4.04. The minimum atomic E-state index is -0.397. The summed E-state index contributed by atoms with van der Waals surface area (Å²) in [4.78, 5) is 16.2. The van der Waals surface area contributed by atoms with Crippen molar-refractivity contribution in [3.05, 3.63) is 39.9 Å². The van der Waals surface area contributed by atoms with Crippen molar-refractivity contribution in [1.29, 1.82) is 0 Å². The van der Waals surface area contributed by atoms with Crippen LogP contribution in [0.1, 0.15) is 18.5 Å². The van der Waals surface area contributed by atoms with E-state index in [2.05, 4.69) is 0 Å². The maximum absolute atomic E-state index is 10.7. The highest BCUT2D eigenvalue weighted by molar-refractivity contribution is 5.34. The minimum absolute atomic E-state index is 0.00436. The third-order valence-electron chi connectivity index (χ3n) is 4.04. The summed E-state index contributed by atoms with van der Waals surface area (Å²) in [5.41, 5.74) is 1.07. The number of rotatable bonds is 2. The molecule has 0 radical (unpaired) electrons. The van der Waals surface area contributed by atoms with Crippen molar-refractivity contribution < 1.29 is 19.2 Å². The molecule has 1 aromatic rings. The Morgan fingerprint density at radius 3 is 2.57 bits per heavy atom. The number of nitro groups is 1. The molecule has 2 heterocycles. The molecule has 2 saturated heterocycles. The van der Waals surface area contributed by atoms with Gasteiger partial charge in [0.05, 0.1) is 24.2 Å². The highest BCUT2D eigenvalue weighted by atomic mass is 16.7. The molecule has 3 rings (SSSR count).